The Morgan fingerprint density at radius 1 is 1.21 bits per heavy atom. The molecule has 0 N–H and O–H groups in total. The van der Waals surface area contributed by atoms with Gasteiger partial charge in [-0.3, -0.25) is 4.79 Å². The first-order chi connectivity index (χ1) is 13.7. The number of carbonyl (C=O) groups is 1. The maximum atomic E-state index is 13.3. The van der Waals surface area contributed by atoms with Crippen molar-refractivity contribution in [3.05, 3.63) is 64.2 Å². The van der Waals surface area contributed by atoms with Crippen molar-refractivity contribution in [1.82, 2.24) is 4.90 Å². The summed E-state index contributed by atoms with van der Waals surface area (Å²) in [4.78, 5) is 14.9. The average molecular weight is 436 g/mol. The molecule has 1 fully saturated rings. The molecule has 0 spiro atoms. The SMILES string of the molecule is Cc1cccc(OC(C)C(=O)N(Cc2ccc(Cl)cc2)C2CCS(=O)(=O)C2)c1C. The normalized spacial score (nSPS) is 19.0. The zero-order valence-electron chi connectivity index (χ0n) is 16.9. The van der Waals surface area contributed by atoms with Crippen molar-refractivity contribution in [2.45, 2.75) is 45.9 Å². The number of nitrogens with zero attached hydrogens (tertiary/aromatic N) is 1. The van der Waals surface area contributed by atoms with E-state index in [1.165, 1.54) is 0 Å². The Morgan fingerprint density at radius 3 is 2.52 bits per heavy atom. The van der Waals surface area contributed by atoms with Gasteiger partial charge in [-0.1, -0.05) is 35.9 Å². The molecule has 1 aliphatic rings. The maximum absolute atomic E-state index is 13.3. The van der Waals surface area contributed by atoms with Crippen LogP contribution in [-0.2, 0) is 21.2 Å². The second-order valence-corrected chi connectivity index (χ2v) is 10.3. The summed E-state index contributed by atoms with van der Waals surface area (Å²) in [7, 11) is -3.13. The smallest absolute Gasteiger partial charge is 0.263 e. The number of hydrogen-bond donors (Lipinski definition) is 0. The highest BCUT2D eigenvalue weighted by atomic mass is 35.5. The van der Waals surface area contributed by atoms with Crippen LogP contribution in [0.25, 0.3) is 0 Å². The fraction of sp³-hybridized carbons (Fsp3) is 0.409. The summed E-state index contributed by atoms with van der Waals surface area (Å²) in [6, 6.07) is 12.6. The van der Waals surface area contributed by atoms with Gasteiger partial charge in [0, 0.05) is 17.6 Å². The van der Waals surface area contributed by atoms with Crippen LogP contribution < -0.4 is 4.74 Å². The van der Waals surface area contributed by atoms with Gasteiger partial charge in [-0.2, -0.15) is 0 Å². The third-order valence-corrected chi connectivity index (χ3v) is 7.41. The monoisotopic (exact) mass is 435 g/mol. The minimum atomic E-state index is -3.13. The Kier molecular flexibility index (Phi) is 6.54. The molecule has 29 heavy (non-hydrogen) atoms. The number of halogens is 1. The summed E-state index contributed by atoms with van der Waals surface area (Å²) in [5.41, 5.74) is 2.97. The fourth-order valence-corrected chi connectivity index (χ4v) is 5.38. The second-order valence-electron chi connectivity index (χ2n) is 7.61. The average Bonchev–Trinajstić information content (AvgIpc) is 3.04. The largest absolute Gasteiger partial charge is 0.481 e. The number of rotatable bonds is 6. The van der Waals surface area contributed by atoms with Crippen molar-refractivity contribution in [2.24, 2.45) is 0 Å². The molecule has 2 aromatic rings. The van der Waals surface area contributed by atoms with Gasteiger partial charge in [-0.15, -0.1) is 0 Å². The Balaban J connectivity index is 1.82. The van der Waals surface area contributed by atoms with E-state index in [2.05, 4.69) is 0 Å². The lowest BCUT2D eigenvalue weighted by Crippen LogP contribution is -2.46. The van der Waals surface area contributed by atoms with Crippen LogP contribution in [0.2, 0.25) is 5.02 Å². The number of ether oxygens (including phenoxy) is 1. The van der Waals surface area contributed by atoms with Gasteiger partial charge in [0.15, 0.2) is 15.9 Å². The van der Waals surface area contributed by atoms with Crippen molar-refractivity contribution < 1.29 is 17.9 Å². The summed E-state index contributed by atoms with van der Waals surface area (Å²) in [5.74, 6) is 0.538. The molecule has 0 saturated carbocycles. The van der Waals surface area contributed by atoms with E-state index in [9.17, 15) is 13.2 Å². The van der Waals surface area contributed by atoms with Crippen LogP contribution in [0.4, 0.5) is 0 Å². The fourth-order valence-electron chi connectivity index (χ4n) is 3.52. The summed E-state index contributed by atoms with van der Waals surface area (Å²) in [5, 5.41) is 0.613. The van der Waals surface area contributed by atoms with E-state index < -0.39 is 15.9 Å². The number of benzene rings is 2. The molecule has 1 saturated heterocycles. The topological polar surface area (TPSA) is 63.7 Å². The van der Waals surface area contributed by atoms with Gasteiger partial charge in [-0.25, -0.2) is 8.42 Å². The van der Waals surface area contributed by atoms with E-state index in [1.807, 2.05) is 44.2 Å². The molecule has 2 aromatic carbocycles. The van der Waals surface area contributed by atoms with Gasteiger partial charge in [0.1, 0.15) is 5.75 Å². The highest BCUT2D eigenvalue weighted by Gasteiger charge is 2.36. The molecule has 1 aliphatic heterocycles. The van der Waals surface area contributed by atoms with E-state index in [0.717, 1.165) is 16.7 Å². The minimum absolute atomic E-state index is 0.0114. The molecule has 0 aliphatic carbocycles. The summed E-state index contributed by atoms with van der Waals surface area (Å²) >= 11 is 5.96. The van der Waals surface area contributed by atoms with Crippen LogP contribution in [0.1, 0.15) is 30.0 Å². The number of sulfone groups is 1. The van der Waals surface area contributed by atoms with Gasteiger partial charge < -0.3 is 9.64 Å². The lowest BCUT2D eigenvalue weighted by Gasteiger charge is -2.31. The van der Waals surface area contributed by atoms with Crippen molar-refractivity contribution in [1.29, 1.82) is 0 Å². The lowest BCUT2D eigenvalue weighted by atomic mass is 10.1. The molecule has 2 atom stereocenters. The third-order valence-electron chi connectivity index (χ3n) is 5.40. The van der Waals surface area contributed by atoms with Crippen molar-refractivity contribution in [2.75, 3.05) is 11.5 Å². The molecule has 156 valence electrons. The molecule has 7 heteroatoms. The van der Waals surface area contributed by atoms with Crippen LogP contribution in [0.5, 0.6) is 5.75 Å². The Morgan fingerprint density at radius 2 is 1.90 bits per heavy atom. The zero-order valence-corrected chi connectivity index (χ0v) is 18.5. The van der Waals surface area contributed by atoms with Gasteiger partial charge in [0.2, 0.25) is 0 Å². The molecule has 3 rings (SSSR count). The van der Waals surface area contributed by atoms with Crippen molar-refractivity contribution in [3.8, 4) is 5.75 Å². The van der Waals surface area contributed by atoms with E-state index >= 15 is 0 Å². The Hall–Kier alpha value is -2.05. The minimum Gasteiger partial charge on any atom is -0.481 e. The first-order valence-electron chi connectivity index (χ1n) is 9.64. The van der Waals surface area contributed by atoms with E-state index in [0.29, 0.717) is 23.7 Å². The maximum Gasteiger partial charge on any atom is 0.263 e. The van der Waals surface area contributed by atoms with E-state index in [1.54, 1.807) is 24.0 Å². The molecular formula is C22H26ClNO4S. The molecule has 0 radical (unpaired) electrons. The summed E-state index contributed by atoms with van der Waals surface area (Å²) < 4.78 is 30.0. The van der Waals surface area contributed by atoms with Crippen molar-refractivity contribution >= 4 is 27.3 Å². The highest BCUT2D eigenvalue weighted by molar-refractivity contribution is 7.91. The van der Waals surface area contributed by atoms with Gasteiger partial charge in [0.05, 0.1) is 11.5 Å². The summed E-state index contributed by atoms with van der Waals surface area (Å²) in [6.45, 7) is 5.97. The molecular weight excluding hydrogens is 410 g/mol. The quantitative estimate of drug-likeness (QED) is 0.689. The predicted molar refractivity (Wildman–Crippen MR) is 115 cm³/mol. The van der Waals surface area contributed by atoms with Gasteiger partial charge in [-0.05, 0) is 62.1 Å². The molecule has 0 bridgehead atoms. The summed E-state index contributed by atoms with van der Waals surface area (Å²) in [6.07, 6.45) is -0.288. The van der Waals surface area contributed by atoms with Crippen LogP contribution >= 0.6 is 11.6 Å². The van der Waals surface area contributed by atoms with E-state index in [-0.39, 0.29) is 23.5 Å². The molecule has 1 heterocycles. The number of aryl methyl sites for hydroxylation is 1. The van der Waals surface area contributed by atoms with Gasteiger partial charge >= 0.3 is 0 Å². The molecule has 2 unspecified atom stereocenters. The molecule has 1 amide bonds. The third kappa shape index (κ3) is 5.31. The number of hydrogen-bond acceptors (Lipinski definition) is 4. The molecule has 0 aromatic heterocycles. The van der Waals surface area contributed by atoms with Crippen molar-refractivity contribution in [3.63, 3.8) is 0 Å². The standard InChI is InChI=1S/C22H26ClNO4S/c1-15-5-4-6-21(16(15)2)28-17(3)22(25)24(20-11-12-29(26,27)14-20)13-18-7-9-19(23)10-8-18/h4-10,17,20H,11-14H2,1-3H3. The van der Waals surface area contributed by atoms with Crippen LogP contribution in [-0.4, -0.2) is 42.9 Å². The Labute approximate surface area is 177 Å². The zero-order chi connectivity index (χ0) is 21.2. The Bertz CT molecular complexity index is 988. The van der Waals surface area contributed by atoms with Crippen LogP contribution in [0, 0.1) is 13.8 Å². The van der Waals surface area contributed by atoms with Gasteiger partial charge in [0.25, 0.3) is 5.91 Å². The van der Waals surface area contributed by atoms with E-state index in [4.69, 9.17) is 16.3 Å². The lowest BCUT2D eigenvalue weighted by molar-refractivity contribution is -0.140. The first kappa shape index (κ1) is 21.7. The highest BCUT2D eigenvalue weighted by Crippen LogP contribution is 2.25. The van der Waals surface area contributed by atoms with Crippen LogP contribution in [0.3, 0.4) is 0 Å². The predicted octanol–water partition coefficient (Wildman–Crippen LogP) is 3.94. The van der Waals surface area contributed by atoms with Crippen LogP contribution in [0.15, 0.2) is 42.5 Å². The second kappa shape index (κ2) is 8.76. The first-order valence-corrected chi connectivity index (χ1v) is 11.8. The molecule has 5 nitrogen and oxygen atoms in total. The number of carbonyl (C=O) groups excluding carboxylic acids is 1. The number of amides is 1.